The number of rotatable bonds is 11. The van der Waals surface area contributed by atoms with E-state index in [0.717, 1.165) is 6.42 Å². The van der Waals surface area contributed by atoms with Gasteiger partial charge in [-0.05, 0) is 6.42 Å². The molecule has 1 unspecified atom stereocenters. The number of hydrogen-bond donors (Lipinski definition) is 1. The second-order valence-electron chi connectivity index (χ2n) is 5.01. The first-order chi connectivity index (χ1) is 7.88. The van der Waals surface area contributed by atoms with Gasteiger partial charge in [-0.15, -0.1) is 0 Å². The fourth-order valence-electron chi connectivity index (χ4n) is 2.25. The number of aliphatic hydroxyl groups is 1. The first-order valence-corrected chi connectivity index (χ1v) is 7.14. The lowest BCUT2D eigenvalue weighted by Gasteiger charge is -2.00. The summed E-state index contributed by atoms with van der Waals surface area (Å²) < 4.78 is 5.29. The van der Waals surface area contributed by atoms with Crippen LogP contribution in [0.25, 0.3) is 0 Å². The van der Waals surface area contributed by atoms with Crippen molar-refractivity contribution in [1.82, 2.24) is 0 Å². The molecule has 0 aliphatic carbocycles. The van der Waals surface area contributed by atoms with Gasteiger partial charge in [-0.1, -0.05) is 64.7 Å². The molecule has 1 N–H and O–H groups in total. The van der Waals surface area contributed by atoms with E-state index in [1.807, 2.05) is 0 Å². The predicted molar refractivity (Wildman–Crippen MR) is 67.6 cm³/mol. The van der Waals surface area contributed by atoms with Crippen LogP contribution in [0.1, 0.15) is 71.1 Å². The summed E-state index contributed by atoms with van der Waals surface area (Å²) in [5.41, 5.74) is 0. The van der Waals surface area contributed by atoms with Crippen molar-refractivity contribution in [3.63, 3.8) is 0 Å². The van der Waals surface area contributed by atoms with Gasteiger partial charge in [0.05, 0.1) is 12.7 Å². The maximum Gasteiger partial charge on any atom is 0.107 e. The quantitative estimate of drug-likeness (QED) is 0.432. The molecule has 0 spiro atoms. The minimum Gasteiger partial charge on any atom is -0.394 e. The third kappa shape index (κ3) is 6.49. The summed E-state index contributed by atoms with van der Waals surface area (Å²) >= 11 is 0. The molecular weight excluding hydrogens is 200 g/mol. The van der Waals surface area contributed by atoms with Gasteiger partial charge in [-0.25, -0.2) is 0 Å². The summed E-state index contributed by atoms with van der Waals surface area (Å²) in [6.07, 6.45) is 14.1. The highest BCUT2D eigenvalue weighted by atomic mass is 16.6. The van der Waals surface area contributed by atoms with Gasteiger partial charge in [0.1, 0.15) is 6.10 Å². The summed E-state index contributed by atoms with van der Waals surface area (Å²) in [5.74, 6) is 0. The van der Waals surface area contributed by atoms with E-state index in [2.05, 4.69) is 6.92 Å². The number of unbranched alkanes of at least 4 members (excludes halogenated alkanes) is 8. The van der Waals surface area contributed by atoms with Gasteiger partial charge < -0.3 is 9.84 Å². The molecule has 0 radical (unpaired) electrons. The van der Waals surface area contributed by atoms with Gasteiger partial charge in [0, 0.05) is 0 Å². The summed E-state index contributed by atoms with van der Waals surface area (Å²) in [5, 5.41) is 8.79. The van der Waals surface area contributed by atoms with E-state index in [1.54, 1.807) is 0 Å². The standard InChI is InChI=1S/C14H28O2/c1-2-3-4-5-6-7-8-9-10-11-13-14(12-15)16-13/h13-15H,2-12H2,1H3/t13?,14-/m0/s1. The van der Waals surface area contributed by atoms with Crippen LogP contribution in [0.5, 0.6) is 0 Å². The molecule has 1 rings (SSSR count). The molecule has 0 aromatic heterocycles. The van der Waals surface area contributed by atoms with Gasteiger partial charge >= 0.3 is 0 Å². The van der Waals surface area contributed by atoms with Crippen molar-refractivity contribution in [1.29, 1.82) is 0 Å². The van der Waals surface area contributed by atoms with Crippen molar-refractivity contribution in [2.24, 2.45) is 0 Å². The van der Waals surface area contributed by atoms with Gasteiger partial charge in [0.15, 0.2) is 0 Å². The first-order valence-electron chi connectivity index (χ1n) is 7.14. The van der Waals surface area contributed by atoms with Crippen LogP contribution < -0.4 is 0 Å². The highest BCUT2D eigenvalue weighted by Gasteiger charge is 2.36. The fourth-order valence-corrected chi connectivity index (χ4v) is 2.25. The van der Waals surface area contributed by atoms with E-state index in [-0.39, 0.29) is 12.7 Å². The number of aliphatic hydroxyl groups excluding tert-OH is 1. The molecule has 2 heteroatoms. The Hall–Kier alpha value is -0.0800. The molecule has 1 fully saturated rings. The van der Waals surface area contributed by atoms with E-state index in [4.69, 9.17) is 9.84 Å². The summed E-state index contributed by atoms with van der Waals surface area (Å²) in [4.78, 5) is 0. The number of hydrogen-bond acceptors (Lipinski definition) is 2. The smallest absolute Gasteiger partial charge is 0.107 e. The summed E-state index contributed by atoms with van der Waals surface area (Å²) in [7, 11) is 0. The maximum atomic E-state index is 8.79. The van der Waals surface area contributed by atoms with Crippen LogP contribution >= 0.6 is 0 Å². The second kappa shape index (κ2) is 9.00. The van der Waals surface area contributed by atoms with Crippen LogP contribution in [0.2, 0.25) is 0 Å². The normalized spacial score (nSPS) is 23.6. The Bertz CT molecular complexity index is 159. The van der Waals surface area contributed by atoms with E-state index in [0.29, 0.717) is 6.10 Å². The minimum absolute atomic E-state index is 0.175. The molecule has 1 aliphatic heterocycles. The SMILES string of the molecule is CCCCCCCCCCCC1O[C@H]1CO. The van der Waals surface area contributed by atoms with E-state index >= 15 is 0 Å². The minimum atomic E-state index is 0.175. The van der Waals surface area contributed by atoms with Gasteiger partial charge in [0.25, 0.3) is 0 Å². The van der Waals surface area contributed by atoms with Crippen LogP contribution in [-0.2, 0) is 4.74 Å². The molecule has 96 valence electrons. The summed E-state index contributed by atoms with van der Waals surface area (Å²) in [6.45, 7) is 2.47. The lowest BCUT2D eigenvalue weighted by molar-refractivity contribution is 0.241. The molecule has 2 atom stereocenters. The third-order valence-corrected chi connectivity index (χ3v) is 3.46. The molecule has 2 nitrogen and oxygen atoms in total. The fraction of sp³-hybridized carbons (Fsp3) is 1.00. The molecule has 0 bridgehead atoms. The summed E-state index contributed by atoms with van der Waals surface area (Å²) in [6, 6.07) is 0. The Kier molecular flexibility index (Phi) is 7.87. The van der Waals surface area contributed by atoms with Crippen LogP contribution in [0.4, 0.5) is 0 Å². The lowest BCUT2D eigenvalue weighted by Crippen LogP contribution is -1.98. The highest BCUT2D eigenvalue weighted by molar-refractivity contribution is 4.83. The average molecular weight is 228 g/mol. The second-order valence-corrected chi connectivity index (χ2v) is 5.01. The molecule has 1 aliphatic rings. The zero-order chi connectivity index (χ0) is 11.6. The Balaban J connectivity index is 1.69. The Morgan fingerprint density at radius 1 is 0.812 bits per heavy atom. The monoisotopic (exact) mass is 228 g/mol. The van der Waals surface area contributed by atoms with E-state index in [1.165, 1.54) is 57.8 Å². The average Bonchev–Trinajstić information content (AvgIpc) is 3.05. The van der Waals surface area contributed by atoms with E-state index < -0.39 is 0 Å². The molecule has 0 amide bonds. The van der Waals surface area contributed by atoms with Crippen LogP contribution in [0.15, 0.2) is 0 Å². The van der Waals surface area contributed by atoms with Crippen molar-refractivity contribution >= 4 is 0 Å². The zero-order valence-corrected chi connectivity index (χ0v) is 10.8. The van der Waals surface area contributed by atoms with Crippen molar-refractivity contribution < 1.29 is 9.84 Å². The number of epoxide rings is 1. The molecule has 0 aromatic carbocycles. The zero-order valence-electron chi connectivity index (χ0n) is 10.8. The Morgan fingerprint density at radius 3 is 1.88 bits per heavy atom. The Morgan fingerprint density at radius 2 is 1.38 bits per heavy atom. The van der Waals surface area contributed by atoms with Crippen molar-refractivity contribution in [3.8, 4) is 0 Å². The highest BCUT2D eigenvalue weighted by Crippen LogP contribution is 2.26. The van der Waals surface area contributed by atoms with E-state index in [9.17, 15) is 0 Å². The predicted octanol–water partition coefficient (Wildman–Crippen LogP) is 3.67. The molecule has 16 heavy (non-hydrogen) atoms. The van der Waals surface area contributed by atoms with Crippen LogP contribution in [-0.4, -0.2) is 23.9 Å². The lowest BCUT2D eigenvalue weighted by atomic mass is 10.1. The maximum absolute atomic E-state index is 8.79. The molecule has 1 saturated heterocycles. The topological polar surface area (TPSA) is 32.8 Å². The van der Waals surface area contributed by atoms with Gasteiger partial charge in [-0.3, -0.25) is 0 Å². The molecule has 0 aromatic rings. The number of ether oxygens (including phenoxy) is 1. The van der Waals surface area contributed by atoms with Crippen molar-refractivity contribution in [3.05, 3.63) is 0 Å². The van der Waals surface area contributed by atoms with Gasteiger partial charge in [-0.2, -0.15) is 0 Å². The third-order valence-electron chi connectivity index (χ3n) is 3.46. The first kappa shape index (κ1) is 14.0. The largest absolute Gasteiger partial charge is 0.394 e. The van der Waals surface area contributed by atoms with Crippen molar-refractivity contribution in [2.75, 3.05) is 6.61 Å². The Labute approximate surface area is 100 Å². The molecule has 0 saturated carbocycles. The van der Waals surface area contributed by atoms with Crippen LogP contribution in [0.3, 0.4) is 0 Å². The van der Waals surface area contributed by atoms with Crippen molar-refractivity contribution in [2.45, 2.75) is 83.3 Å². The molecular formula is C14H28O2. The van der Waals surface area contributed by atoms with Crippen LogP contribution in [0, 0.1) is 0 Å². The molecule has 1 heterocycles. The van der Waals surface area contributed by atoms with Gasteiger partial charge in [0.2, 0.25) is 0 Å².